The predicted octanol–water partition coefficient (Wildman–Crippen LogP) is 4.55. The van der Waals surface area contributed by atoms with Crippen molar-refractivity contribution in [1.82, 2.24) is 0 Å². The van der Waals surface area contributed by atoms with Crippen LogP contribution in [0.3, 0.4) is 0 Å². The maximum absolute atomic E-state index is 11.0. The Morgan fingerprint density at radius 2 is 1.42 bits per heavy atom. The van der Waals surface area contributed by atoms with Crippen LogP contribution < -0.4 is 14.2 Å². The van der Waals surface area contributed by atoms with E-state index >= 15 is 0 Å². The molecule has 0 unspecified atom stereocenters. The van der Waals surface area contributed by atoms with Crippen LogP contribution in [-0.4, -0.2) is 26.4 Å². The second kappa shape index (κ2) is 6.32. The van der Waals surface area contributed by atoms with Crippen molar-refractivity contribution in [3.05, 3.63) is 48.0 Å². The highest BCUT2D eigenvalue weighted by molar-refractivity contribution is 6.03. The lowest BCUT2D eigenvalue weighted by atomic mass is 9.94. The van der Waals surface area contributed by atoms with Gasteiger partial charge in [-0.25, -0.2) is 0 Å². The van der Waals surface area contributed by atoms with Crippen molar-refractivity contribution >= 4 is 10.8 Å². The summed E-state index contributed by atoms with van der Waals surface area (Å²) < 4.78 is 16.5. The summed E-state index contributed by atoms with van der Waals surface area (Å²) in [6.07, 6.45) is 0. The molecular formula is C20H20O4. The minimum absolute atomic E-state index is 0.149. The molecular weight excluding hydrogens is 304 g/mol. The zero-order chi connectivity index (χ0) is 17.3. The van der Waals surface area contributed by atoms with Gasteiger partial charge in [-0.2, -0.15) is 0 Å². The third-order valence-corrected chi connectivity index (χ3v) is 4.22. The highest BCUT2D eigenvalue weighted by Crippen LogP contribution is 2.47. The second-order valence-electron chi connectivity index (χ2n) is 5.51. The number of aryl methyl sites for hydroxylation is 1. The van der Waals surface area contributed by atoms with Crippen LogP contribution in [-0.2, 0) is 0 Å². The van der Waals surface area contributed by atoms with Crippen molar-refractivity contribution in [3.8, 4) is 34.1 Å². The molecule has 4 nitrogen and oxygen atoms in total. The van der Waals surface area contributed by atoms with Crippen LogP contribution in [0.25, 0.3) is 21.9 Å². The quantitative estimate of drug-likeness (QED) is 0.765. The molecule has 0 saturated carbocycles. The first-order valence-electron chi connectivity index (χ1n) is 7.63. The van der Waals surface area contributed by atoms with Gasteiger partial charge in [-0.15, -0.1) is 0 Å². The second-order valence-corrected chi connectivity index (χ2v) is 5.51. The molecule has 0 aromatic heterocycles. The summed E-state index contributed by atoms with van der Waals surface area (Å²) in [6, 6.07) is 13.2. The van der Waals surface area contributed by atoms with Crippen LogP contribution in [0.2, 0.25) is 0 Å². The van der Waals surface area contributed by atoms with Crippen LogP contribution in [0.4, 0.5) is 0 Å². The zero-order valence-corrected chi connectivity index (χ0v) is 14.2. The summed E-state index contributed by atoms with van der Waals surface area (Å²) in [6.45, 7) is 1.98. The number of rotatable bonds is 4. The molecule has 3 aromatic rings. The predicted molar refractivity (Wildman–Crippen MR) is 95.4 cm³/mol. The molecule has 0 aliphatic rings. The van der Waals surface area contributed by atoms with Crippen molar-refractivity contribution in [2.45, 2.75) is 6.92 Å². The third-order valence-electron chi connectivity index (χ3n) is 4.22. The number of phenols is 1. The molecule has 124 valence electrons. The van der Waals surface area contributed by atoms with Gasteiger partial charge in [-0.05, 0) is 30.7 Å². The SMILES string of the molecule is COc1cccc(C)c1-c1cc(OC)c2cccc(OC)c2c1O. The number of phenolic OH excluding ortho intramolecular Hbond substituents is 1. The first kappa shape index (κ1) is 16.0. The van der Waals surface area contributed by atoms with Crippen LogP contribution in [0.5, 0.6) is 23.0 Å². The van der Waals surface area contributed by atoms with Gasteiger partial charge in [0.1, 0.15) is 23.0 Å². The Morgan fingerprint density at radius 3 is 2.08 bits per heavy atom. The number of hydrogen-bond acceptors (Lipinski definition) is 4. The lowest BCUT2D eigenvalue weighted by Crippen LogP contribution is -1.95. The molecule has 0 radical (unpaired) electrons. The van der Waals surface area contributed by atoms with Gasteiger partial charge in [0.05, 0.1) is 26.7 Å². The Labute approximate surface area is 141 Å². The molecule has 0 fully saturated rings. The molecule has 0 aliphatic heterocycles. The van der Waals surface area contributed by atoms with Crippen molar-refractivity contribution in [1.29, 1.82) is 0 Å². The maximum Gasteiger partial charge on any atom is 0.135 e. The number of fused-ring (bicyclic) bond motifs is 1. The fourth-order valence-electron chi connectivity index (χ4n) is 3.08. The number of benzene rings is 3. The monoisotopic (exact) mass is 324 g/mol. The number of hydrogen-bond donors (Lipinski definition) is 1. The zero-order valence-electron chi connectivity index (χ0n) is 14.2. The van der Waals surface area contributed by atoms with Crippen LogP contribution in [0.1, 0.15) is 5.56 Å². The molecule has 0 spiro atoms. The van der Waals surface area contributed by atoms with Gasteiger partial charge < -0.3 is 19.3 Å². The molecule has 3 rings (SSSR count). The molecule has 1 N–H and O–H groups in total. The Morgan fingerprint density at radius 1 is 0.792 bits per heavy atom. The largest absolute Gasteiger partial charge is 0.507 e. The topological polar surface area (TPSA) is 47.9 Å². The highest BCUT2D eigenvalue weighted by atomic mass is 16.5. The van der Waals surface area contributed by atoms with Crippen molar-refractivity contribution in [3.63, 3.8) is 0 Å². The smallest absolute Gasteiger partial charge is 0.135 e. The van der Waals surface area contributed by atoms with E-state index in [0.29, 0.717) is 28.2 Å². The van der Waals surface area contributed by atoms with Crippen LogP contribution in [0, 0.1) is 6.92 Å². The first-order chi connectivity index (χ1) is 11.6. The summed E-state index contributed by atoms with van der Waals surface area (Å²) in [7, 11) is 4.82. The standard InChI is InChI=1S/C20H20O4/c1-12-7-5-9-15(22-2)18(12)14-11-17(24-4)13-8-6-10-16(23-3)19(13)20(14)21/h5-11,21H,1-4H3. The Bertz CT molecular complexity index is 900. The lowest BCUT2D eigenvalue weighted by molar-refractivity contribution is 0.409. The third kappa shape index (κ3) is 2.40. The van der Waals surface area contributed by atoms with E-state index in [4.69, 9.17) is 14.2 Å². The molecule has 0 aliphatic carbocycles. The van der Waals surface area contributed by atoms with Gasteiger partial charge in [0, 0.05) is 16.5 Å². The van der Waals surface area contributed by atoms with Crippen molar-refractivity contribution in [2.24, 2.45) is 0 Å². The van der Waals surface area contributed by atoms with Crippen LogP contribution >= 0.6 is 0 Å². The number of ether oxygens (including phenoxy) is 3. The van der Waals surface area contributed by atoms with Gasteiger partial charge in [0.25, 0.3) is 0 Å². The summed E-state index contributed by atoms with van der Waals surface area (Å²) in [5.41, 5.74) is 2.49. The van der Waals surface area contributed by atoms with Crippen molar-refractivity contribution in [2.75, 3.05) is 21.3 Å². The summed E-state index contributed by atoms with van der Waals surface area (Å²) in [4.78, 5) is 0. The number of aromatic hydroxyl groups is 1. The van der Waals surface area contributed by atoms with E-state index in [0.717, 1.165) is 16.5 Å². The van der Waals surface area contributed by atoms with Gasteiger partial charge in [0.15, 0.2) is 0 Å². The van der Waals surface area contributed by atoms with E-state index in [-0.39, 0.29) is 5.75 Å². The lowest BCUT2D eigenvalue weighted by Gasteiger charge is -2.17. The average Bonchev–Trinajstić information content (AvgIpc) is 2.61. The Balaban J connectivity index is 2.45. The van der Waals surface area contributed by atoms with E-state index in [1.807, 2.05) is 49.4 Å². The van der Waals surface area contributed by atoms with E-state index in [2.05, 4.69) is 0 Å². The van der Waals surface area contributed by atoms with Gasteiger partial charge >= 0.3 is 0 Å². The number of methoxy groups -OCH3 is 3. The molecule has 0 saturated heterocycles. The normalized spacial score (nSPS) is 10.7. The molecule has 4 heteroatoms. The van der Waals surface area contributed by atoms with Gasteiger partial charge in [-0.1, -0.05) is 24.3 Å². The Hall–Kier alpha value is -2.88. The molecule has 0 heterocycles. The van der Waals surface area contributed by atoms with E-state index < -0.39 is 0 Å². The molecule has 0 bridgehead atoms. The van der Waals surface area contributed by atoms with E-state index in [1.54, 1.807) is 21.3 Å². The first-order valence-corrected chi connectivity index (χ1v) is 7.63. The van der Waals surface area contributed by atoms with E-state index in [1.165, 1.54) is 0 Å². The average molecular weight is 324 g/mol. The summed E-state index contributed by atoms with van der Waals surface area (Å²) in [5, 5.41) is 12.4. The van der Waals surface area contributed by atoms with Crippen LogP contribution in [0.15, 0.2) is 42.5 Å². The maximum atomic E-state index is 11.0. The minimum atomic E-state index is 0.149. The summed E-state index contributed by atoms with van der Waals surface area (Å²) >= 11 is 0. The molecule has 24 heavy (non-hydrogen) atoms. The van der Waals surface area contributed by atoms with Crippen molar-refractivity contribution < 1.29 is 19.3 Å². The van der Waals surface area contributed by atoms with Gasteiger partial charge in [-0.3, -0.25) is 0 Å². The minimum Gasteiger partial charge on any atom is -0.507 e. The Kier molecular flexibility index (Phi) is 4.21. The molecule has 3 aromatic carbocycles. The molecule has 0 atom stereocenters. The van der Waals surface area contributed by atoms with Gasteiger partial charge in [0.2, 0.25) is 0 Å². The fourth-order valence-corrected chi connectivity index (χ4v) is 3.08. The van der Waals surface area contributed by atoms with E-state index in [9.17, 15) is 5.11 Å². The highest BCUT2D eigenvalue weighted by Gasteiger charge is 2.20. The fraction of sp³-hybridized carbons (Fsp3) is 0.200. The summed E-state index contributed by atoms with van der Waals surface area (Å²) in [5.74, 6) is 2.11. The molecule has 0 amide bonds.